The summed E-state index contributed by atoms with van der Waals surface area (Å²) in [6.45, 7) is 0. The molecule has 3 nitrogen and oxygen atoms in total. The highest BCUT2D eigenvalue weighted by Gasteiger charge is 2.15. The van der Waals surface area contributed by atoms with E-state index >= 15 is 0 Å². The van der Waals surface area contributed by atoms with Gasteiger partial charge in [0.2, 0.25) is 5.91 Å². The molecule has 0 radical (unpaired) electrons. The van der Waals surface area contributed by atoms with Crippen molar-refractivity contribution in [2.24, 2.45) is 5.92 Å². The molecular formula is C19H20N2O. The average molecular weight is 292 g/mol. The fourth-order valence-electron chi connectivity index (χ4n) is 2.68. The first-order valence-electron chi connectivity index (χ1n) is 7.69. The Morgan fingerprint density at radius 3 is 2.45 bits per heavy atom. The van der Waals surface area contributed by atoms with E-state index in [1.807, 2.05) is 54.6 Å². The number of nitrogens with one attached hydrogen (secondary N) is 2. The third kappa shape index (κ3) is 3.76. The van der Waals surface area contributed by atoms with Crippen molar-refractivity contribution in [2.75, 3.05) is 10.6 Å². The van der Waals surface area contributed by atoms with E-state index in [1.165, 1.54) is 0 Å². The van der Waals surface area contributed by atoms with Crippen molar-refractivity contribution in [3.05, 3.63) is 66.7 Å². The zero-order valence-corrected chi connectivity index (χ0v) is 12.5. The van der Waals surface area contributed by atoms with Gasteiger partial charge in [-0.05, 0) is 43.0 Å². The van der Waals surface area contributed by atoms with Crippen molar-refractivity contribution >= 4 is 23.0 Å². The zero-order valence-electron chi connectivity index (χ0n) is 12.5. The third-order valence-electron chi connectivity index (χ3n) is 3.81. The van der Waals surface area contributed by atoms with E-state index in [0.29, 0.717) is 12.3 Å². The van der Waals surface area contributed by atoms with E-state index in [1.54, 1.807) is 0 Å². The van der Waals surface area contributed by atoms with Crippen LogP contribution in [0.15, 0.2) is 66.7 Å². The highest BCUT2D eigenvalue weighted by Crippen LogP contribution is 2.26. The smallest absolute Gasteiger partial charge is 0.225 e. The number of amides is 1. The van der Waals surface area contributed by atoms with Crippen LogP contribution in [-0.2, 0) is 4.79 Å². The van der Waals surface area contributed by atoms with Gasteiger partial charge >= 0.3 is 0 Å². The molecule has 2 N–H and O–H groups in total. The fraction of sp³-hybridized carbons (Fsp3) is 0.211. The highest BCUT2D eigenvalue weighted by molar-refractivity contribution is 5.95. The molecule has 0 saturated heterocycles. The van der Waals surface area contributed by atoms with Gasteiger partial charge in [-0.25, -0.2) is 0 Å². The lowest BCUT2D eigenvalue weighted by Crippen LogP contribution is -2.15. The molecular weight excluding hydrogens is 272 g/mol. The molecule has 1 aliphatic carbocycles. The molecule has 0 heterocycles. The lowest BCUT2D eigenvalue weighted by molar-refractivity contribution is -0.116. The Labute approximate surface area is 131 Å². The number of hydrogen-bond donors (Lipinski definition) is 2. The number of carbonyl (C=O) groups excluding carboxylic acids is 1. The van der Waals surface area contributed by atoms with Gasteiger partial charge in [0, 0.05) is 12.1 Å². The Morgan fingerprint density at radius 2 is 1.73 bits per heavy atom. The molecule has 22 heavy (non-hydrogen) atoms. The largest absolute Gasteiger partial charge is 0.354 e. The predicted molar refractivity (Wildman–Crippen MR) is 91.3 cm³/mol. The summed E-state index contributed by atoms with van der Waals surface area (Å²) in [5.41, 5.74) is 2.73. The van der Waals surface area contributed by atoms with Gasteiger partial charge in [0.15, 0.2) is 0 Å². The third-order valence-corrected chi connectivity index (χ3v) is 3.81. The number of rotatable bonds is 5. The van der Waals surface area contributed by atoms with Gasteiger partial charge in [-0.15, -0.1) is 0 Å². The maximum atomic E-state index is 12.2. The van der Waals surface area contributed by atoms with Crippen molar-refractivity contribution in [1.29, 1.82) is 0 Å². The molecule has 3 rings (SSSR count). The molecule has 2 aromatic carbocycles. The standard InChI is InChI=1S/C19H20N2O/c22-19(14-15-8-4-5-9-15)21-18-13-7-6-12-17(18)20-16-10-2-1-3-11-16/h1-4,6-8,10-13,15,20H,5,9,14H2,(H,21,22). The maximum Gasteiger partial charge on any atom is 0.225 e. The number of allylic oxidation sites excluding steroid dienone is 2. The Kier molecular flexibility index (Phi) is 4.54. The number of hydrogen-bond acceptors (Lipinski definition) is 2. The summed E-state index contributed by atoms with van der Waals surface area (Å²) in [4.78, 5) is 12.2. The molecule has 1 unspecified atom stereocenters. The van der Waals surface area contributed by atoms with Crippen LogP contribution in [0.3, 0.4) is 0 Å². The van der Waals surface area contributed by atoms with E-state index in [-0.39, 0.29) is 5.91 Å². The van der Waals surface area contributed by atoms with Crippen LogP contribution in [0.4, 0.5) is 17.1 Å². The molecule has 0 spiro atoms. The van der Waals surface area contributed by atoms with Crippen molar-refractivity contribution in [3.8, 4) is 0 Å². The van der Waals surface area contributed by atoms with Crippen LogP contribution >= 0.6 is 0 Å². The molecule has 0 aliphatic heterocycles. The lowest BCUT2D eigenvalue weighted by Gasteiger charge is -2.14. The van der Waals surface area contributed by atoms with Crippen molar-refractivity contribution in [1.82, 2.24) is 0 Å². The lowest BCUT2D eigenvalue weighted by atomic mass is 10.0. The Balaban J connectivity index is 1.68. The molecule has 3 heteroatoms. The number of carbonyl (C=O) groups is 1. The molecule has 112 valence electrons. The summed E-state index contributed by atoms with van der Waals surface area (Å²) in [6, 6.07) is 17.7. The van der Waals surface area contributed by atoms with Gasteiger partial charge in [-0.1, -0.05) is 42.5 Å². The van der Waals surface area contributed by atoms with E-state index in [4.69, 9.17) is 0 Å². The van der Waals surface area contributed by atoms with Crippen LogP contribution < -0.4 is 10.6 Å². The quantitative estimate of drug-likeness (QED) is 0.782. The first-order chi connectivity index (χ1) is 10.8. The molecule has 0 fully saturated rings. The van der Waals surface area contributed by atoms with Crippen LogP contribution in [-0.4, -0.2) is 5.91 Å². The topological polar surface area (TPSA) is 41.1 Å². The summed E-state index contributed by atoms with van der Waals surface area (Å²) in [7, 11) is 0. The summed E-state index contributed by atoms with van der Waals surface area (Å²) in [5, 5.41) is 6.37. The predicted octanol–water partition coefficient (Wildman–Crippen LogP) is 4.73. The summed E-state index contributed by atoms with van der Waals surface area (Å²) >= 11 is 0. The van der Waals surface area contributed by atoms with Crippen molar-refractivity contribution in [3.63, 3.8) is 0 Å². The summed E-state index contributed by atoms with van der Waals surface area (Å²) in [5.74, 6) is 0.452. The van der Waals surface area contributed by atoms with Crippen LogP contribution in [0.25, 0.3) is 0 Å². The SMILES string of the molecule is O=C(CC1C=CCC1)Nc1ccccc1Nc1ccccc1. The first kappa shape index (κ1) is 14.4. The second kappa shape index (κ2) is 6.94. The second-order valence-corrected chi connectivity index (χ2v) is 5.55. The van der Waals surface area contributed by atoms with Crippen LogP contribution in [0.5, 0.6) is 0 Å². The normalized spacial score (nSPS) is 16.5. The minimum atomic E-state index is 0.0684. The summed E-state index contributed by atoms with van der Waals surface area (Å²) in [6.07, 6.45) is 7.02. The van der Waals surface area contributed by atoms with E-state index in [2.05, 4.69) is 22.8 Å². The van der Waals surface area contributed by atoms with E-state index in [0.717, 1.165) is 29.9 Å². The van der Waals surface area contributed by atoms with Gasteiger partial charge < -0.3 is 10.6 Å². The Bertz CT molecular complexity index is 664. The maximum absolute atomic E-state index is 12.2. The molecule has 0 aromatic heterocycles. The fourth-order valence-corrected chi connectivity index (χ4v) is 2.68. The number of benzene rings is 2. The molecule has 1 atom stereocenters. The van der Waals surface area contributed by atoms with Gasteiger partial charge in [-0.3, -0.25) is 4.79 Å². The van der Waals surface area contributed by atoms with Crippen LogP contribution in [0, 0.1) is 5.92 Å². The van der Waals surface area contributed by atoms with Crippen molar-refractivity contribution in [2.45, 2.75) is 19.3 Å². The molecule has 0 bridgehead atoms. The minimum absolute atomic E-state index is 0.0684. The van der Waals surface area contributed by atoms with E-state index in [9.17, 15) is 4.79 Å². The molecule has 2 aromatic rings. The van der Waals surface area contributed by atoms with Gasteiger partial charge in [0.1, 0.15) is 0 Å². The summed E-state index contributed by atoms with van der Waals surface area (Å²) < 4.78 is 0. The van der Waals surface area contributed by atoms with Crippen LogP contribution in [0.2, 0.25) is 0 Å². The highest BCUT2D eigenvalue weighted by atomic mass is 16.1. The number of para-hydroxylation sites is 3. The molecule has 1 aliphatic rings. The molecule has 1 amide bonds. The average Bonchev–Trinajstić information content (AvgIpc) is 3.03. The number of anilines is 3. The monoisotopic (exact) mass is 292 g/mol. The second-order valence-electron chi connectivity index (χ2n) is 5.55. The van der Waals surface area contributed by atoms with Gasteiger partial charge in [0.05, 0.1) is 11.4 Å². The first-order valence-corrected chi connectivity index (χ1v) is 7.69. The van der Waals surface area contributed by atoms with Crippen molar-refractivity contribution < 1.29 is 4.79 Å². The van der Waals surface area contributed by atoms with Gasteiger partial charge in [-0.2, -0.15) is 0 Å². The Hall–Kier alpha value is -2.55. The molecule has 0 saturated carbocycles. The minimum Gasteiger partial charge on any atom is -0.354 e. The van der Waals surface area contributed by atoms with Crippen LogP contribution in [0.1, 0.15) is 19.3 Å². The van der Waals surface area contributed by atoms with Gasteiger partial charge in [0.25, 0.3) is 0 Å². The zero-order chi connectivity index (χ0) is 15.2. The Morgan fingerprint density at radius 1 is 1.00 bits per heavy atom. The van der Waals surface area contributed by atoms with E-state index < -0.39 is 0 Å².